The van der Waals surface area contributed by atoms with Crippen LogP contribution in [0.15, 0.2) is 24.3 Å². The number of benzene rings is 1. The van der Waals surface area contributed by atoms with Crippen molar-refractivity contribution < 1.29 is 19.2 Å². The lowest BCUT2D eigenvalue weighted by atomic mass is 9.79. The zero-order valence-corrected chi connectivity index (χ0v) is 13.7. The van der Waals surface area contributed by atoms with E-state index in [0.29, 0.717) is 18.9 Å². The topological polar surface area (TPSA) is 103 Å². The molecule has 0 atom stereocenters. The molecule has 0 spiro atoms. The van der Waals surface area contributed by atoms with Gasteiger partial charge in [-0.25, -0.2) is 0 Å². The number of ether oxygens (including phenoxy) is 2. The molecule has 0 unspecified atom stereocenters. The van der Waals surface area contributed by atoms with Crippen molar-refractivity contribution in [2.75, 3.05) is 40.0 Å². The van der Waals surface area contributed by atoms with Crippen molar-refractivity contribution in [2.45, 2.75) is 12.8 Å². The van der Waals surface area contributed by atoms with Gasteiger partial charge in [0.2, 0.25) is 0 Å². The Morgan fingerprint density at radius 2 is 2.17 bits per heavy atom. The average molecular weight is 337 g/mol. The largest absolute Gasteiger partial charge is 0.484 e. The number of non-ortho nitro benzene ring substituents is 1. The number of piperidine rings is 1. The zero-order chi connectivity index (χ0) is 17.4. The van der Waals surface area contributed by atoms with Gasteiger partial charge < -0.3 is 20.1 Å². The predicted molar refractivity (Wildman–Crippen MR) is 88.0 cm³/mol. The molecular formula is C16H23N3O5. The monoisotopic (exact) mass is 337 g/mol. The molecule has 2 N–H and O–H groups in total. The first-order valence-corrected chi connectivity index (χ1v) is 7.88. The summed E-state index contributed by atoms with van der Waals surface area (Å²) < 4.78 is 10.6. The first-order chi connectivity index (χ1) is 11.5. The zero-order valence-electron chi connectivity index (χ0n) is 13.7. The highest BCUT2D eigenvalue weighted by Gasteiger charge is 2.32. The van der Waals surface area contributed by atoms with Crippen molar-refractivity contribution in [3.8, 4) is 5.75 Å². The van der Waals surface area contributed by atoms with Crippen LogP contribution in [0.3, 0.4) is 0 Å². The highest BCUT2D eigenvalue weighted by atomic mass is 16.6. The quantitative estimate of drug-likeness (QED) is 0.544. The Bertz CT molecular complexity index is 567. The molecule has 24 heavy (non-hydrogen) atoms. The van der Waals surface area contributed by atoms with Gasteiger partial charge in [0.25, 0.3) is 11.6 Å². The highest BCUT2D eigenvalue weighted by Crippen LogP contribution is 2.28. The van der Waals surface area contributed by atoms with Gasteiger partial charge in [-0.3, -0.25) is 14.9 Å². The maximum atomic E-state index is 12.0. The van der Waals surface area contributed by atoms with E-state index in [1.807, 2.05) is 0 Å². The number of nitro benzene ring substituents is 1. The minimum absolute atomic E-state index is 0.0544. The van der Waals surface area contributed by atoms with E-state index in [2.05, 4.69) is 10.6 Å². The molecule has 1 fully saturated rings. The van der Waals surface area contributed by atoms with E-state index in [9.17, 15) is 14.9 Å². The van der Waals surface area contributed by atoms with Crippen LogP contribution >= 0.6 is 0 Å². The maximum Gasteiger partial charge on any atom is 0.273 e. The van der Waals surface area contributed by atoms with Crippen LogP contribution in [-0.2, 0) is 9.53 Å². The molecule has 1 saturated heterocycles. The van der Waals surface area contributed by atoms with Crippen molar-refractivity contribution >= 4 is 11.6 Å². The normalized spacial score (nSPS) is 16.4. The molecule has 1 aromatic carbocycles. The third-order valence-corrected chi connectivity index (χ3v) is 4.17. The second-order valence-electron chi connectivity index (χ2n) is 6.00. The fourth-order valence-corrected chi connectivity index (χ4v) is 2.81. The summed E-state index contributed by atoms with van der Waals surface area (Å²) in [5.41, 5.74) is -0.122. The number of nitro groups is 1. The smallest absolute Gasteiger partial charge is 0.273 e. The molecule has 1 aliphatic heterocycles. The Morgan fingerprint density at radius 3 is 2.83 bits per heavy atom. The summed E-state index contributed by atoms with van der Waals surface area (Å²) in [5, 5.41) is 16.9. The van der Waals surface area contributed by atoms with Gasteiger partial charge >= 0.3 is 0 Å². The second kappa shape index (κ2) is 8.60. The number of hydrogen-bond donors (Lipinski definition) is 2. The second-order valence-corrected chi connectivity index (χ2v) is 6.00. The van der Waals surface area contributed by atoms with Crippen LogP contribution in [0, 0.1) is 15.5 Å². The van der Waals surface area contributed by atoms with E-state index in [4.69, 9.17) is 9.47 Å². The van der Waals surface area contributed by atoms with E-state index < -0.39 is 4.92 Å². The summed E-state index contributed by atoms with van der Waals surface area (Å²) in [5.74, 6) is 0.0448. The van der Waals surface area contributed by atoms with E-state index in [0.717, 1.165) is 25.9 Å². The van der Waals surface area contributed by atoms with Crippen LogP contribution in [-0.4, -0.2) is 50.8 Å². The number of carbonyl (C=O) groups is 1. The van der Waals surface area contributed by atoms with Crippen LogP contribution in [0.4, 0.5) is 5.69 Å². The number of carbonyl (C=O) groups excluding carboxylic acids is 1. The molecule has 1 aliphatic rings. The van der Waals surface area contributed by atoms with Gasteiger partial charge in [-0.05, 0) is 32.0 Å². The molecule has 1 amide bonds. The minimum atomic E-state index is -0.501. The summed E-state index contributed by atoms with van der Waals surface area (Å²) in [4.78, 5) is 22.2. The van der Waals surface area contributed by atoms with E-state index in [1.54, 1.807) is 13.2 Å². The fourth-order valence-electron chi connectivity index (χ4n) is 2.81. The summed E-state index contributed by atoms with van der Waals surface area (Å²) in [7, 11) is 1.66. The number of hydrogen-bond acceptors (Lipinski definition) is 6. The molecule has 0 radical (unpaired) electrons. The average Bonchev–Trinajstić information content (AvgIpc) is 2.59. The number of nitrogens with zero attached hydrogens (tertiary/aromatic N) is 1. The van der Waals surface area contributed by atoms with Crippen molar-refractivity contribution in [1.29, 1.82) is 0 Å². The third-order valence-electron chi connectivity index (χ3n) is 4.17. The fraction of sp³-hybridized carbons (Fsp3) is 0.562. The van der Waals surface area contributed by atoms with Crippen LogP contribution in [0.25, 0.3) is 0 Å². The van der Waals surface area contributed by atoms with Crippen molar-refractivity contribution in [2.24, 2.45) is 5.41 Å². The lowest BCUT2D eigenvalue weighted by Gasteiger charge is -2.37. The van der Waals surface area contributed by atoms with E-state index in [1.165, 1.54) is 18.2 Å². The van der Waals surface area contributed by atoms with Gasteiger partial charge in [-0.15, -0.1) is 0 Å². The Hall–Kier alpha value is -2.19. The predicted octanol–water partition coefficient (Wildman–Crippen LogP) is 1.11. The molecule has 1 aromatic rings. The Balaban J connectivity index is 1.82. The van der Waals surface area contributed by atoms with E-state index >= 15 is 0 Å². The van der Waals surface area contributed by atoms with Crippen molar-refractivity contribution in [3.05, 3.63) is 34.4 Å². The molecule has 1 heterocycles. The first-order valence-electron chi connectivity index (χ1n) is 7.88. The molecule has 0 aliphatic carbocycles. The first kappa shape index (κ1) is 18.2. The van der Waals surface area contributed by atoms with Gasteiger partial charge in [-0.1, -0.05) is 6.07 Å². The lowest BCUT2D eigenvalue weighted by molar-refractivity contribution is -0.384. The summed E-state index contributed by atoms with van der Waals surface area (Å²) in [6.45, 7) is 2.76. The lowest BCUT2D eigenvalue weighted by Crippen LogP contribution is -2.47. The molecule has 0 bridgehead atoms. The van der Waals surface area contributed by atoms with Crippen LogP contribution in [0.5, 0.6) is 5.75 Å². The van der Waals surface area contributed by atoms with Gasteiger partial charge in [0.1, 0.15) is 5.75 Å². The third kappa shape index (κ3) is 5.17. The van der Waals surface area contributed by atoms with Gasteiger partial charge in [0.15, 0.2) is 6.61 Å². The van der Waals surface area contributed by atoms with Crippen LogP contribution in [0.2, 0.25) is 0 Å². The van der Waals surface area contributed by atoms with Gasteiger partial charge in [0, 0.05) is 25.1 Å². The van der Waals surface area contributed by atoms with E-state index in [-0.39, 0.29) is 23.6 Å². The molecule has 8 heteroatoms. The molecular weight excluding hydrogens is 314 g/mol. The maximum absolute atomic E-state index is 12.0. The summed E-state index contributed by atoms with van der Waals surface area (Å²) >= 11 is 0. The molecule has 0 saturated carbocycles. The number of methoxy groups -OCH3 is 1. The number of nitrogens with one attached hydrogen (secondary N) is 2. The number of amides is 1. The molecule has 132 valence electrons. The Kier molecular flexibility index (Phi) is 6.51. The Morgan fingerprint density at radius 1 is 1.42 bits per heavy atom. The Labute approximate surface area is 140 Å². The summed E-state index contributed by atoms with van der Waals surface area (Å²) in [6.07, 6.45) is 1.87. The van der Waals surface area contributed by atoms with Crippen LogP contribution < -0.4 is 15.4 Å². The summed E-state index contributed by atoms with van der Waals surface area (Å²) in [6, 6.07) is 5.78. The van der Waals surface area contributed by atoms with Gasteiger partial charge in [0.05, 0.1) is 17.6 Å². The molecule has 8 nitrogen and oxygen atoms in total. The van der Waals surface area contributed by atoms with Crippen LogP contribution in [0.1, 0.15) is 12.8 Å². The molecule has 2 rings (SSSR count). The number of rotatable bonds is 8. The van der Waals surface area contributed by atoms with Crippen molar-refractivity contribution in [3.63, 3.8) is 0 Å². The molecule has 0 aromatic heterocycles. The standard InChI is InChI=1S/C16H23N3O5/c1-23-12-16(5-7-17-8-6-16)11-18-15(20)10-24-14-4-2-3-13(9-14)19(21)22/h2-4,9,17H,5-8,10-12H2,1H3,(H,18,20). The SMILES string of the molecule is COCC1(CNC(=O)COc2cccc([N+](=O)[O-])c2)CCNCC1. The minimum Gasteiger partial charge on any atom is -0.484 e. The van der Waals surface area contributed by atoms with Gasteiger partial charge in [-0.2, -0.15) is 0 Å². The highest BCUT2D eigenvalue weighted by molar-refractivity contribution is 5.77. The van der Waals surface area contributed by atoms with Crippen molar-refractivity contribution in [1.82, 2.24) is 10.6 Å².